The summed E-state index contributed by atoms with van der Waals surface area (Å²) in [6.07, 6.45) is 4.05. The molecule has 1 aliphatic rings. The molecule has 0 aromatic carbocycles. The van der Waals surface area contributed by atoms with Crippen LogP contribution in [-0.4, -0.2) is 26.5 Å². The van der Waals surface area contributed by atoms with Gasteiger partial charge < -0.3 is 11.1 Å². The number of anilines is 1. The highest BCUT2D eigenvalue weighted by atomic mass is 32.1. The van der Waals surface area contributed by atoms with Crippen LogP contribution in [0.5, 0.6) is 0 Å². The van der Waals surface area contributed by atoms with Crippen LogP contribution in [0, 0.1) is 0 Å². The Hall–Kier alpha value is -2.41. The van der Waals surface area contributed by atoms with Crippen molar-refractivity contribution in [2.75, 3.05) is 5.73 Å². The summed E-state index contributed by atoms with van der Waals surface area (Å²) in [5, 5.41) is 9.07. The molecule has 1 saturated carbocycles. The van der Waals surface area contributed by atoms with Gasteiger partial charge in [0.25, 0.3) is 5.91 Å². The van der Waals surface area contributed by atoms with Crippen molar-refractivity contribution < 1.29 is 4.79 Å². The van der Waals surface area contributed by atoms with Crippen molar-refractivity contribution >= 4 is 28.8 Å². The zero-order valence-electron chi connectivity index (χ0n) is 11.1. The molecule has 106 valence electrons. The van der Waals surface area contributed by atoms with Gasteiger partial charge in [-0.05, 0) is 42.0 Å². The lowest BCUT2D eigenvalue weighted by molar-refractivity contribution is 0.0955. The molecule has 4 rings (SSSR count). The van der Waals surface area contributed by atoms with E-state index in [1.165, 1.54) is 11.3 Å². The van der Waals surface area contributed by atoms with Crippen LogP contribution in [0.1, 0.15) is 22.5 Å². The first-order valence-electron chi connectivity index (χ1n) is 6.71. The van der Waals surface area contributed by atoms with E-state index >= 15 is 0 Å². The second kappa shape index (κ2) is 4.56. The monoisotopic (exact) mass is 299 g/mol. The quantitative estimate of drug-likeness (QED) is 0.774. The highest BCUT2D eigenvalue weighted by Gasteiger charge is 2.24. The van der Waals surface area contributed by atoms with Gasteiger partial charge in [0.15, 0.2) is 5.65 Å². The molecule has 3 aromatic rings. The first kappa shape index (κ1) is 12.3. The van der Waals surface area contributed by atoms with E-state index in [9.17, 15) is 4.79 Å². The Labute approximate surface area is 124 Å². The van der Waals surface area contributed by atoms with Crippen LogP contribution in [0.4, 0.5) is 5.95 Å². The first-order valence-corrected chi connectivity index (χ1v) is 7.59. The largest absolute Gasteiger partial charge is 0.366 e. The summed E-state index contributed by atoms with van der Waals surface area (Å²) in [6.45, 7) is 0. The van der Waals surface area contributed by atoms with Gasteiger partial charge in [-0.1, -0.05) is 0 Å². The summed E-state index contributed by atoms with van der Waals surface area (Å²) in [6, 6.07) is 6.09. The summed E-state index contributed by atoms with van der Waals surface area (Å²) in [4.78, 5) is 16.8. The van der Waals surface area contributed by atoms with E-state index in [0.717, 1.165) is 28.8 Å². The molecule has 3 heterocycles. The molecule has 3 N–H and O–H groups in total. The number of nitrogens with one attached hydrogen (secondary N) is 1. The lowest BCUT2D eigenvalue weighted by atomic mass is 10.1. The lowest BCUT2D eigenvalue weighted by Crippen LogP contribution is -2.24. The van der Waals surface area contributed by atoms with Crippen molar-refractivity contribution in [3.63, 3.8) is 0 Å². The van der Waals surface area contributed by atoms with Crippen LogP contribution in [0.2, 0.25) is 0 Å². The summed E-state index contributed by atoms with van der Waals surface area (Å²) in [5.74, 6) is 0.266. The normalized spacial score (nSPS) is 14.5. The minimum Gasteiger partial charge on any atom is -0.366 e. The van der Waals surface area contributed by atoms with Crippen LogP contribution in [0.3, 0.4) is 0 Å². The number of rotatable bonds is 3. The molecule has 0 saturated heterocycles. The average Bonchev–Trinajstić information content (AvgIpc) is 3.01. The Morgan fingerprint density at radius 1 is 1.38 bits per heavy atom. The van der Waals surface area contributed by atoms with E-state index in [4.69, 9.17) is 5.73 Å². The molecule has 0 aliphatic heterocycles. The zero-order valence-corrected chi connectivity index (χ0v) is 11.9. The molecular formula is C14H13N5OS. The van der Waals surface area contributed by atoms with E-state index in [1.807, 2.05) is 29.8 Å². The van der Waals surface area contributed by atoms with Gasteiger partial charge in [-0.2, -0.15) is 4.98 Å². The zero-order chi connectivity index (χ0) is 14.4. The number of nitrogens with two attached hydrogens (primary N) is 1. The Kier molecular flexibility index (Phi) is 2.68. The maximum atomic E-state index is 12.0. The maximum absolute atomic E-state index is 12.0. The predicted molar refractivity (Wildman–Crippen MR) is 81.2 cm³/mol. The molecule has 0 unspecified atom stereocenters. The molecule has 0 bridgehead atoms. The number of carbonyl (C=O) groups is 1. The van der Waals surface area contributed by atoms with Crippen molar-refractivity contribution in [2.24, 2.45) is 0 Å². The minimum absolute atomic E-state index is 0.0137. The van der Waals surface area contributed by atoms with Crippen molar-refractivity contribution in [3.8, 4) is 11.1 Å². The number of amides is 1. The molecule has 7 heteroatoms. The van der Waals surface area contributed by atoms with Gasteiger partial charge in [0, 0.05) is 17.8 Å². The molecule has 3 aromatic heterocycles. The van der Waals surface area contributed by atoms with Gasteiger partial charge in [-0.15, -0.1) is 16.4 Å². The van der Waals surface area contributed by atoms with E-state index in [0.29, 0.717) is 11.7 Å². The third-order valence-electron chi connectivity index (χ3n) is 3.42. The number of thiophene rings is 1. The number of fused-ring (bicyclic) bond motifs is 1. The topological polar surface area (TPSA) is 85.3 Å². The highest BCUT2D eigenvalue weighted by Crippen LogP contribution is 2.27. The second-order valence-electron chi connectivity index (χ2n) is 5.14. The van der Waals surface area contributed by atoms with Crippen molar-refractivity contribution in [2.45, 2.75) is 18.9 Å². The van der Waals surface area contributed by atoms with Crippen LogP contribution < -0.4 is 11.1 Å². The number of hydrogen-bond donors (Lipinski definition) is 2. The van der Waals surface area contributed by atoms with Gasteiger partial charge in [0.2, 0.25) is 5.95 Å². The number of pyridine rings is 1. The molecule has 21 heavy (non-hydrogen) atoms. The molecule has 6 nitrogen and oxygen atoms in total. The molecule has 1 fully saturated rings. The van der Waals surface area contributed by atoms with E-state index in [-0.39, 0.29) is 11.9 Å². The predicted octanol–water partition coefficient (Wildman–Crippen LogP) is 1.93. The Morgan fingerprint density at radius 3 is 3.05 bits per heavy atom. The van der Waals surface area contributed by atoms with Crippen LogP contribution in [0.25, 0.3) is 16.8 Å². The van der Waals surface area contributed by atoms with Crippen LogP contribution in [0.15, 0.2) is 29.8 Å². The molecule has 0 radical (unpaired) electrons. The van der Waals surface area contributed by atoms with Gasteiger partial charge in [-0.3, -0.25) is 4.79 Å². The number of hydrogen-bond acceptors (Lipinski definition) is 5. The summed E-state index contributed by atoms with van der Waals surface area (Å²) in [5.41, 5.74) is 8.27. The van der Waals surface area contributed by atoms with Crippen molar-refractivity contribution in [3.05, 3.63) is 34.7 Å². The Morgan fingerprint density at radius 2 is 2.24 bits per heavy atom. The smallest absolute Gasteiger partial charge is 0.261 e. The van der Waals surface area contributed by atoms with E-state index in [1.54, 1.807) is 4.52 Å². The van der Waals surface area contributed by atoms with E-state index < -0.39 is 0 Å². The summed E-state index contributed by atoms with van der Waals surface area (Å²) >= 11 is 1.45. The Bertz CT molecular complexity index is 833. The standard InChI is InChI=1S/C14H13N5OS/c15-14-17-12-4-1-8(6-19(12)18-14)9-5-11(21-7-9)13(20)16-10-2-3-10/h1,4-7,10H,2-3H2,(H2,15,18)(H,16,20). The number of nitrogens with zero attached hydrogens (tertiary/aromatic N) is 3. The van der Waals surface area contributed by atoms with Gasteiger partial charge in [0.05, 0.1) is 4.88 Å². The highest BCUT2D eigenvalue weighted by molar-refractivity contribution is 7.12. The minimum atomic E-state index is 0.0137. The fourth-order valence-corrected chi connectivity index (χ4v) is 2.98. The summed E-state index contributed by atoms with van der Waals surface area (Å²) in [7, 11) is 0. The van der Waals surface area contributed by atoms with Gasteiger partial charge in [0.1, 0.15) is 0 Å². The second-order valence-corrected chi connectivity index (χ2v) is 6.05. The Balaban J connectivity index is 1.64. The third kappa shape index (κ3) is 2.36. The number of aromatic nitrogens is 3. The molecule has 0 atom stereocenters. The maximum Gasteiger partial charge on any atom is 0.261 e. The number of nitrogen functional groups attached to an aromatic ring is 1. The van der Waals surface area contributed by atoms with E-state index in [2.05, 4.69) is 15.4 Å². The molecular weight excluding hydrogens is 286 g/mol. The fourth-order valence-electron chi connectivity index (χ4n) is 2.16. The molecule has 1 amide bonds. The van der Waals surface area contributed by atoms with Gasteiger partial charge >= 0.3 is 0 Å². The van der Waals surface area contributed by atoms with Crippen LogP contribution >= 0.6 is 11.3 Å². The number of carbonyl (C=O) groups excluding carboxylic acids is 1. The van der Waals surface area contributed by atoms with Gasteiger partial charge in [-0.25, -0.2) is 4.52 Å². The third-order valence-corrected chi connectivity index (χ3v) is 4.35. The first-order chi connectivity index (χ1) is 10.2. The van der Waals surface area contributed by atoms with Crippen molar-refractivity contribution in [1.29, 1.82) is 0 Å². The average molecular weight is 299 g/mol. The van der Waals surface area contributed by atoms with Crippen LogP contribution in [-0.2, 0) is 0 Å². The molecule has 1 aliphatic carbocycles. The fraction of sp³-hybridized carbons (Fsp3) is 0.214. The van der Waals surface area contributed by atoms with Crippen molar-refractivity contribution in [1.82, 2.24) is 19.9 Å². The SMILES string of the molecule is Nc1nc2ccc(-c3csc(C(=O)NC4CC4)c3)cn2n1. The summed E-state index contributed by atoms with van der Waals surface area (Å²) < 4.78 is 1.65. The lowest BCUT2D eigenvalue weighted by Gasteiger charge is -1.99. The molecule has 0 spiro atoms.